The molecule has 0 spiro atoms. The van der Waals surface area contributed by atoms with Crippen molar-refractivity contribution >= 4 is 5.91 Å². The molecule has 0 atom stereocenters. The van der Waals surface area contributed by atoms with Crippen LogP contribution in [0.15, 0.2) is 18.2 Å². The first-order chi connectivity index (χ1) is 6.75. The minimum absolute atomic E-state index is 0.224. The number of hydrogen-bond acceptors (Lipinski definition) is 3. The van der Waals surface area contributed by atoms with Crippen LogP contribution in [-0.4, -0.2) is 12.7 Å². The Morgan fingerprint density at radius 2 is 2.14 bits per heavy atom. The fourth-order valence-electron chi connectivity index (χ4n) is 1.11. The second kappa shape index (κ2) is 3.30. The summed E-state index contributed by atoms with van der Waals surface area (Å²) in [6.07, 6.45) is 0. The fraction of sp³-hybridized carbons (Fsp3) is 0.100. The fourth-order valence-corrected chi connectivity index (χ4v) is 1.11. The maximum absolute atomic E-state index is 10.4. The largest absolute Gasteiger partial charge is 0.454 e. The molecule has 1 aromatic carbocycles. The first-order valence-corrected chi connectivity index (χ1v) is 3.97. The topological polar surface area (TPSA) is 61.6 Å². The highest BCUT2D eigenvalue weighted by Crippen LogP contribution is 2.32. The number of nitrogens with two attached hydrogens (primary N) is 1. The molecule has 2 rings (SSSR count). The molecule has 1 aliphatic heterocycles. The van der Waals surface area contributed by atoms with Crippen molar-refractivity contribution in [3.05, 3.63) is 23.8 Å². The number of benzene rings is 1. The van der Waals surface area contributed by atoms with Crippen LogP contribution in [0.5, 0.6) is 11.5 Å². The van der Waals surface area contributed by atoms with Gasteiger partial charge in [0.2, 0.25) is 6.79 Å². The van der Waals surface area contributed by atoms with E-state index in [-0.39, 0.29) is 6.79 Å². The Balaban J connectivity index is 2.30. The van der Waals surface area contributed by atoms with Crippen molar-refractivity contribution < 1.29 is 14.3 Å². The summed E-state index contributed by atoms with van der Waals surface area (Å²) in [6, 6.07) is 5.19. The molecule has 0 saturated heterocycles. The molecule has 4 heteroatoms. The highest BCUT2D eigenvalue weighted by atomic mass is 16.7. The van der Waals surface area contributed by atoms with Gasteiger partial charge in [0.15, 0.2) is 11.5 Å². The number of ether oxygens (including phenoxy) is 2. The van der Waals surface area contributed by atoms with Crippen LogP contribution in [0.2, 0.25) is 0 Å². The van der Waals surface area contributed by atoms with Crippen molar-refractivity contribution in [2.45, 2.75) is 0 Å². The lowest BCUT2D eigenvalue weighted by atomic mass is 10.2. The van der Waals surface area contributed by atoms with Gasteiger partial charge in [-0.1, -0.05) is 5.92 Å². The molecular formula is C10H7NO3. The van der Waals surface area contributed by atoms with Gasteiger partial charge in [-0.15, -0.1) is 0 Å². The zero-order chi connectivity index (χ0) is 9.97. The number of amides is 1. The second-order valence-corrected chi connectivity index (χ2v) is 2.68. The molecule has 14 heavy (non-hydrogen) atoms. The summed E-state index contributed by atoms with van der Waals surface area (Å²) < 4.78 is 10.3. The van der Waals surface area contributed by atoms with E-state index in [1.54, 1.807) is 18.2 Å². The van der Waals surface area contributed by atoms with Gasteiger partial charge in [-0.05, 0) is 24.1 Å². The van der Waals surface area contributed by atoms with Crippen molar-refractivity contribution in [2.75, 3.05) is 6.79 Å². The van der Waals surface area contributed by atoms with E-state index in [9.17, 15) is 4.79 Å². The van der Waals surface area contributed by atoms with Gasteiger partial charge in [0.05, 0.1) is 0 Å². The molecule has 1 aromatic rings. The number of fused-ring (bicyclic) bond motifs is 1. The van der Waals surface area contributed by atoms with E-state index in [2.05, 4.69) is 11.8 Å². The minimum Gasteiger partial charge on any atom is -0.454 e. The van der Waals surface area contributed by atoms with Crippen LogP contribution in [0.4, 0.5) is 0 Å². The third-order valence-electron chi connectivity index (χ3n) is 1.70. The summed E-state index contributed by atoms with van der Waals surface area (Å²) in [5, 5.41) is 0. The number of hydrogen-bond donors (Lipinski definition) is 1. The normalized spacial score (nSPS) is 11.7. The average molecular weight is 189 g/mol. The lowest BCUT2D eigenvalue weighted by Crippen LogP contribution is -2.06. The van der Waals surface area contributed by atoms with Crippen molar-refractivity contribution in [1.82, 2.24) is 0 Å². The van der Waals surface area contributed by atoms with E-state index < -0.39 is 5.91 Å². The number of carbonyl (C=O) groups is 1. The van der Waals surface area contributed by atoms with Gasteiger partial charge in [0.1, 0.15) is 0 Å². The maximum Gasteiger partial charge on any atom is 0.293 e. The zero-order valence-electron chi connectivity index (χ0n) is 7.24. The molecule has 1 aliphatic rings. The van der Waals surface area contributed by atoms with Crippen LogP contribution >= 0.6 is 0 Å². The van der Waals surface area contributed by atoms with Gasteiger partial charge in [0, 0.05) is 5.56 Å². The molecule has 0 bridgehead atoms. The van der Waals surface area contributed by atoms with Gasteiger partial charge < -0.3 is 15.2 Å². The quantitative estimate of drug-likeness (QED) is 0.595. The van der Waals surface area contributed by atoms with E-state index in [0.717, 1.165) is 0 Å². The molecule has 0 aromatic heterocycles. The van der Waals surface area contributed by atoms with Crippen LogP contribution in [0, 0.1) is 11.8 Å². The Bertz CT molecular complexity index is 442. The number of rotatable bonds is 0. The smallest absolute Gasteiger partial charge is 0.293 e. The highest BCUT2D eigenvalue weighted by Gasteiger charge is 2.12. The van der Waals surface area contributed by atoms with Crippen LogP contribution in [0.1, 0.15) is 5.56 Å². The molecule has 0 saturated carbocycles. The van der Waals surface area contributed by atoms with Gasteiger partial charge >= 0.3 is 0 Å². The highest BCUT2D eigenvalue weighted by molar-refractivity contribution is 5.92. The Hall–Kier alpha value is -2.15. The van der Waals surface area contributed by atoms with Crippen molar-refractivity contribution in [3.8, 4) is 23.3 Å². The van der Waals surface area contributed by atoms with Crippen molar-refractivity contribution in [3.63, 3.8) is 0 Å². The van der Waals surface area contributed by atoms with Crippen LogP contribution in [0.3, 0.4) is 0 Å². The molecule has 0 unspecified atom stereocenters. The van der Waals surface area contributed by atoms with Gasteiger partial charge in [-0.2, -0.15) is 0 Å². The molecule has 70 valence electrons. The summed E-state index contributed by atoms with van der Waals surface area (Å²) in [5.74, 6) is 5.54. The van der Waals surface area contributed by atoms with E-state index >= 15 is 0 Å². The minimum atomic E-state index is -0.650. The Kier molecular flexibility index (Phi) is 1.99. The SMILES string of the molecule is NC(=O)C#Cc1ccc2c(c1)OCO2. The summed E-state index contributed by atoms with van der Waals surface area (Å²) in [7, 11) is 0. The monoisotopic (exact) mass is 189 g/mol. The number of carbonyl (C=O) groups excluding carboxylic acids is 1. The first-order valence-electron chi connectivity index (χ1n) is 3.97. The van der Waals surface area contributed by atoms with E-state index in [4.69, 9.17) is 15.2 Å². The van der Waals surface area contributed by atoms with Crippen molar-refractivity contribution in [2.24, 2.45) is 5.73 Å². The molecule has 1 amide bonds. The van der Waals surface area contributed by atoms with Crippen molar-refractivity contribution in [1.29, 1.82) is 0 Å². The zero-order valence-corrected chi connectivity index (χ0v) is 7.24. The Labute approximate surface area is 80.6 Å². The Morgan fingerprint density at radius 1 is 1.36 bits per heavy atom. The predicted molar refractivity (Wildman–Crippen MR) is 48.6 cm³/mol. The third kappa shape index (κ3) is 1.62. The maximum atomic E-state index is 10.4. The predicted octanol–water partition coefficient (Wildman–Crippen LogP) is 0.252. The molecule has 1 heterocycles. The van der Waals surface area contributed by atoms with Crippen LogP contribution < -0.4 is 15.2 Å². The summed E-state index contributed by atoms with van der Waals surface area (Å²) >= 11 is 0. The molecule has 4 nitrogen and oxygen atoms in total. The van der Waals surface area contributed by atoms with Gasteiger partial charge in [-0.25, -0.2) is 0 Å². The van der Waals surface area contributed by atoms with E-state index in [1.807, 2.05) is 0 Å². The van der Waals surface area contributed by atoms with Gasteiger partial charge in [0.25, 0.3) is 5.91 Å². The summed E-state index contributed by atoms with van der Waals surface area (Å²) in [5.41, 5.74) is 5.56. The summed E-state index contributed by atoms with van der Waals surface area (Å²) in [6.45, 7) is 0.224. The van der Waals surface area contributed by atoms with Crippen LogP contribution in [0.25, 0.3) is 0 Å². The molecular weight excluding hydrogens is 182 g/mol. The van der Waals surface area contributed by atoms with Crippen LogP contribution in [-0.2, 0) is 4.79 Å². The third-order valence-corrected chi connectivity index (χ3v) is 1.70. The molecule has 0 fully saturated rings. The standard InChI is InChI=1S/C10H7NO3/c11-10(12)4-2-7-1-3-8-9(5-7)14-6-13-8/h1,3,5H,6H2,(H2,11,12). The average Bonchev–Trinajstić information content (AvgIpc) is 2.61. The number of primary amides is 1. The van der Waals surface area contributed by atoms with E-state index in [1.165, 1.54) is 0 Å². The first kappa shape index (κ1) is 8.45. The second-order valence-electron chi connectivity index (χ2n) is 2.68. The van der Waals surface area contributed by atoms with Gasteiger partial charge in [-0.3, -0.25) is 4.79 Å². The van der Waals surface area contributed by atoms with E-state index in [0.29, 0.717) is 17.1 Å². The summed E-state index contributed by atoms with van der Waals surface area (Å²) in [4.78, 5) is 10.4. The lowest BCUT2D eigenvalue weighted by molar-refractivity contribution is -0.112. The lowest BCUT2D eigenvalue weighted by Gasteiger charge is -1.94. The Morgan fingerprint density at radius 3 is 2.93 bits per heavy atom. The molecule has 0 radical (unpaired) electrons. The molecule has 2 N–H and O–H groups in total. The molecule has 0 aliphatic carbocycles.